The maximum absolute atomic E-state index is 13.3. The van der Waals surface area contributed by atoms with E-state index in [9.17, 15) is 9.59 Å². The lowest BCUT2D eigenvalue weighted by molar-refractivity contribution is 0.0583. The Bertz CT molecular complexity index is 1060. The summed E-state index contributed by atoms with van der Waals surface area (Å²) >= 11 is 0. The smallest absolute Gasteiger partial charge is 0.414 e. The van der Waals surface area contributed by atoms with Crippen molar-refractivity contribution in [3.05, 3.63) is 53.6 Å². The third-order valence-corrected chi connectivity index (χ3v) is 6.28. The number of para-hydroxylation sites is 2. The highest BCUT2D eigenvalue weighted by atomic mass is 16.6. The van der Waals surface area contributed by atoms with Crippen LogP contribution in [-0.4, -0.2) is 80.3 Å². The maximum atomic E-state index is 13.3. The van der Waals surface area contributed by atoms with Crippen LogP contribution in [0, 0.1) is 0 Å². The Labute approximate surface area is 207 Å². The summed E-state index contributed by atoms with van der Waals surface area (Å²) in [7, 11) is 2.14. The van der Waals surface area contributed by atoms with E-state index in [0.717, 1.165) is 44.0 Å². The van der Waals surface area contributed by atoms with Crippen LogP contribution in [0.5, 0.6) is 5.75 Å². The van der Waals surface area contributed by atoms with E-state index in [0.29, 0.717) is 36.6 Å². The van der Waals surface area contributed by atoms with Gasteiger partial charge in [0.05, 0.1) is 11.4 Å². The predicted octanol–water partition coefficient (Wildman–Crippen LogP) is 3.86. The van der Waals surface area contributed by atoms with Gasteiger partial charge in [0.1, 0.15) is 18.0 Å². The fraction of sp³-hybridized carbons (Fsp3) is 0.481. The lowest BCUT2D eigenvalue weighted by Crippen LogP contribution is -2.45. The topological polar surface area (TPSA) is 74.4 Å². The van der Waals surface area contributed by atoms with E-state index in [1.165, 1.54) is 0 Å². The van der Waals surface area contributed by atoms with Crippen LogP contribution in [0.25, 0.3) is 0 Å². The van der Waals surface area contributed by atoms with Crippen LogP contribution in [-0.2, 0) is 11.2 Å². The third-order valence-electron chi connectivity index (χ3n) is 6.28. The summed E-state index contributed by atoms with van der Waals surface area (Å²) in [6.07, 6.45) is 0.203. The molecule has 188 valence electrons. The van der Waals surface area contributed by atoms with Crippen molar-refractivity contribution in [2.75, 3.05) is 63.1 Å². The molecule has 8 nitrogen and oxygen atoms in total. The highest BCUT2D eigenvalue weighted by Gasteiger charge is 2.31. The van der Waals surface area contributed by atoms with E-state index in [1.54, 1.807) is 17.0 Å². The summed E-state index contributed by atoms with van der Waals surface area (Å²) in [5.41, 5.74) is 2.19. The zero-order valence-corrected chi connectivity index (χ0v) is 21.2. The van der Waals surface area contributed by atoms with E-state index in [4.69, 9.17) is 9.47 Å². The van der Waals surface area contributed by atoms with Gasteiger partial charge in [-0.2, -0.15) is 0 Å². The molecule has 1 fully saturated rings. The molecule has 1 N–H and O–H groups in total. The molecular formula is C27H36N4O4. The minimum atomic E-state index is -0.580. The van der Waals surface area contributed by atoms with Gasteiger partial charge in [0.2, 0.25) is 0 Å². The van der Waals surface area contributed by atoms with Gasteiger partial charge in [0.15, 0.2) is 0 Å². The lowest BCUT2D eigenvalue weighted by Gasteiger charge is -2.32. The van der Waals surface area contributed by atoms with Gasteiger partial charge >= 0.3 is 6.09 Å². The van der Waals surface area contributed by atoms with Gasteiger partial charge in [-0.3, -0.25) is 14.6 Å². The number of anilines is 2. The minimum absolute atomic E-state index is 0.219. The molecule has 0 aliphatic carbocycles. The van der Waals surface area contributed by atoms with Gasteiger partial charge in [-0.25, -0.2) is 4.79 Å². The van der Waals surface area contributed by atoms with Crippen LogP contribution in [0.4, 0.5) is 16.2 Å². The molecule has 0 saturated carbocycles. The molecule has 8 heteroatoms. The summed E-state index contributed by atoms with van der Waals surface area (Å²) < 4.78 is 11.6. The van der Waals surface area contributed by atoms with Crippen LogP contribution in [0.15, 0.2) is 42.5 Å². The number of hydrogen-bond donors (Lipinski definition) is 1. The fourth-order valence-corrected chi connectivity index (χ4v) is 4.40. The molecule has 2 aromatic rings. The molecule has 2 heterocycles. The first-order valence-electron chi connectivity index (χ1n) is 12.3. The van der Waals surface area contributed by atoms with Crippen molar-refractivity contribution >= 4 is 23.4 Å². The summed E-state index contributed by atoms with van der Waals surface area (Å²) in [5.74, 6) is 0.431. The van der Waals surface area contributed by atoms with Crippen molar-refractivity contribution in [2.45, 2.75) is 32.8 Å². The Balaban J connectivity index is 1.41. The number of piperazine rings is 1. The van der Waals surface area contributed by atoms with Crippen LogP contribution in [0.2, 0.25) is 0 Å². The molecule has 0 atom stereocenters. The number of amides is 2. The van der Waals surface area contributed by atoms with Crippen LogP contribution < -0.4 is 15.0 Å². The molecule has 0 bridgehead atoms. The zero-order chi connectivity index (χ0) is 25.0. The molecule has 2 aromatic carbocycles. The quantitative estimate of drug-likeness (QED) is 0.677. The van der Waals surface area contributed by atoms with E-state index in [-0.39, 0.29) is 5.91 Å². The number of rotatable bonds is 6. The standard InChI is InChI=1S/C27H36N4O4/c1-27(2,3)35-26(33)31-13-12-20-21(8-7-10-23(20)31)25(32)28-22-9-5-6-11-24(22)34-19-18-30-16-14-29(4)15-17-30/h5-11H,12-19H2,1-4H3,(H,28,32). The zero-order valence-electron chi connectivity index (χ0n) is 21.2. The Morgan fingerprint density at radius 2 is 1.71 bits per heavy atom. The van der Waals surface area contributed by atoms with Crippen molar-refractivity contribution in [2.24, 2.45) is 0 Å². The van der Waals surface area contributed by atoms with E-state index in [2.05, 4.69) is 22.2 Å². The second-order valence-corrected chi connectivity index (χ2v) is 10.1. The maximum Gasteiger partial charge on any atom is 0.414 e. The van der Waals surface area contributed by atoms with Gasteiger partial charge in [-0.05, 0) is 64.1 Å². The number of nitrogens with one attached hydrogen (secondary N) is 1. The third kappa shape index (κ3) is 6.32. The number of benzene rings is 2. The van der Waals surface area contributed by atoms with Crippen LogP contribution >= 0.6 is 0 Å². The summed E-state index contributed by atoms with van der Waals surface area (Å²) in [6, 6.07) is 13.0. The van der Waals surface area contributed by atoms with Gasteiger partial charge in [-0.15, -0.1) is 0 Å². The molecule has 2 amide bonds. The highest BCUT2D eigenvalue weighted by Crippen LogP contribution is 2.33. The molecule has 0 radical (unpaired) electrons. The number of ether oxygens (including phenoxy) is 2. The first kappa shape index (κ1) is 25.0. The first-order chi connectivity index (χ1) is 16.7. The second-order valence-electron chi connectivity index (χ2n) is 10.1. The van der Waals surface area contributed by atoms with Crippen molar-refractivity contribution in [1.29, 1.82) is 0 Å². The van der Waals surface area contributed by atoms with Crippen LogP contribution in [0.3, 0.4) is 0 Å². The minimum Gasteiger partial charge on any atom is -0.490 e. The summed E-state index contributed by atoms with van der Waals surface area (Å²) in [6.45, 7) is 11.6. The van der Waals surface area contributed by atoms with Gasteiger partial charge in [0, 0.05) is 44.8 Å². The number of likely N-dealkylation sites (N-methyl/N-ethyl adjacent to an activating group) is 1. The molecule has 0 spiro atoms. The normalized spacial score (nSPS) is 16.6. The van der Waals surface area contributed by atoms with Crippen molar-refractivity contribution < 1.29 is 19.1 Å². The number of hydrogen-bond acceptors (Lipinski definition) is 6. The van der Waals surface area contributed by atoms with E-state index < -0.39 is 11.7 Å². The van der Waals surface area contributed by atoms with Gasteiger partial charge < -0.3 is 19.7 Å². The van der Waals surface area contributed by atoms with Crippen LogP contribution in [0.1, 0.15) is 36.7 Å². The largest absolute Gasteiger partial charge is 0.490 e. The molecular weight excluding hydrogens is 444 g/mol. The number of carbonyl (C=O) groups excluding carboxylic acids is 2. The Hall–Kier alpha value is -3.10. The highest BCUT2D eigenvalue weighted by molar-refractivity contribution is 6.08. The van der Waals surface area contributed by atoms with E-state index >= 15 is 0 Å². The second kappa shape index (κ2) is 10.7. The van der Waals surface area contributed by atoms with Crippen molar-refractivity contribution in [3.8, 4) is 5.75 Å². The molecule has 0 unspecified atom stereocenters. The van der Waals surface area contributed by atoms with Gasteiger partial charge in [0.25, 0.3) is 5.91 Å². The summed E-state index contributed by atoms with van der Waals surface area (Å²) in [5, 5.41) is 3.01. The van der Waals surface area contributed by atoms with E-state index in [1.807, 2.05) is 51.1 Å². The van der Waals surface area contributed by atoms with Crippen molar-refractivity contribution in [1.82, 2.24) is 9.80 Å². The van der Waals surface area contributed by atoms with Gasteiger partial charge in [-0.1, -0.05) is 18.2 Å². The molecule has 1 saturated heterocycles. The molecule has 0 aromatic heterocycles. The number of carbonyl (C=O) groups is 2. The lowest BCUT2D eigenvalue weighted by atomic mass is 10.0. The number of nitrogens with zero attached hydrogens (tertiary/aromatic N) is 3. The Morgan fingerprint density at radius 1 is 0.971 bits per heavy atom. The predicted molar refractivity (Wildman–Crippen MR) is 138 cm³/mol. The Kier molecular flexibility index (Phi) is 7.62. The molecule has 4 rings (SSSR count). The molecule has 35 heavy (non-hydrogen) atoms. The number of fused-ring (bicyclic) bond motifs is 1. The molecule has 2 aliphatic rings. The average molecular weight is 481 g/mol. The SMILES string of the molecule is CN1CCN(CCOc2ccccc2NC(=O)c2cccc3c2CCN3C(=O)OC(C)(C)C)CC1. The Morgan fingerprint density at radius 3 is 2.46 bits per heavy atom. The fourth-order valence-electron chi connectivity index (χ4n) is 4.40. The average Bonchev–Trinajstić information content (AvgIpc) is 3.25. The molecule has 2 aliphatic heterocycles. The monoisotopic (exact) mass is 480 g/mol. The van der Waals surface area contributed by atoms with Crippen molar-refractivity contribution in [3.63, 3.8) is 0 Å². The summed E-state index contributed by atoms with van der Waals surface area (Å²) in [4.78, 5) is 32.2. The first-order valence-corrected chi connectivity index (χ1v) is 12.3.